The van der Waals surface area contributed by atoms with Gasteiger partial charge < -0.3 is 5.32 Å². The molecule has 0 spiro atoms. The molecule has 0 aliphatic rings. The lowest BCUT2D eigenvalue weighted by Crippen LogP contribution is -2.35. The third-order valence-corrected chi connectivity index (χ3v) is 3.79. The van der Waals surface area contributed by atoms with Crippen LogP contribution in [0.2, 0.25) is 0 Å². The van der Waals surface area contributed by atoms with Crippen LogP contribution in [0.15, 0.2) is 36.8 Å². The molecule has 1 amide bonds. The second-order valence-electron chi connectivity index (χ2n) is 5.68. The van der Waals surface area contributed by atoms with E-state index >= 15 is 0 Å². The highest BCUT2D eigenvalue weighted by atomic mass is 16.2. The van der Waals surface area contributed by atoms with E-state index in [1.807, 2.05) is 32.9 Å². The predicted octanol–water partition coefficient (Wildman–Crippen LogP) is 2.10. The van der Waals surface area contributed by atoms with E-state index in [1.165, 1.54) is 0 Å². The van der Waals surface area contributed by atoms with Crippen LogP contribution >= 0.6 is 0 Å². The fourth-order valence-electron chi connectivity index (χ4n) is 2.64. The molecule has 1 atom stereocenters. The number of hydrogen-bond acceptors (Lipinski definition) is 4. The summed E-state index contributed by atoms with van der Waals surface area (Å²) in [6.45, 7) is 5.82. The van der Waals surface area contributed by atoms with Crippen LogP contribution in [0.5, 0.6) is 0 Å². The van der Waals surface area contributed by atoms with Crippen molar-refractivity contribution in [1.29, 1.82) is 0 Å². The molecular weight excluding hydrogens is 290 g/mol. The minimum absolute atomic E-state index is 0.0299. The number of nitrogens with zero attached hydrogens (tertiary/aromatic N) is 4. The average Bonchev–Trinajstić information content (AvgIpc) is 2.85. The van der Waals surface area contributed by atoms with Crippen LogP contribution in [-0.2, 0) is 6.42 Å². The Hall–Kier alpha value is -2.76. The average molecular weight is 309 g/mol. The van der Waals surface area contributed by atoms with Gasteiger partial charge in [0.1, 0.15) is 5.69 Å². The molecule has 0 radical (unpaired) electrons. The van der Waals surface area contributed by atoms with Crippen LogP contribution in [0, 0.1) is 13.8 Å². The highest BCUT2D eigenvalue weighted by Crippen LogP contribution is 2.11. The van der Waals surface area contributed by atoms with E-state index in [0.717, 1.165) is 11.3 Å². The number of carbonyl (C=O) groups excluding carboxylic acids is 1. The van der Waals surface area contributed by atoms with Gasteiger partial charge in [0.15, 0.2) is 0 Å². The van der Waals surface area contributed by atoms with Crippen LogP contribution in [0.1, 0.15) is 34.4 Å². The zero-order chi connectivity index (χ0) is 16.4. The van der Waals surface area contributed by atoms with Crippen LogP contribution in [0.25, 0.3) is 5.78 Å². The maximum absolute atomic E-state index is 12.6. The second kappa shape index (κ2) is 6.16. The van der Waals surface area contributed by atoms with Crippen molar-refractivity contribution in [3.63, 3.8) is 0 Å². The van der Waals surface area contributed by atoms with Gasteiger partial charge >= 0.3 is 0 Å². The Morgan fingerprint density at radius 2 is 2.04 bits per heavy atom. The van der Waals surface area contributed by atoms with Gasteiger partial charge in [0.2, 0.25) is 5.78 Å². The normalized spacial score (nSPS) is 12.3. The van der Waals surface area contributed by atoms with Crippen molar-refractivity contribution in [3.05, 3.63) is 59.4 Å². The first-order valence-corrected chi connectivity index (χ1v) is 7.57. The Morgan fingerprint density at radius 1 is 1.26 bits per heavy atom. The molecule has 6 nitrogen and oxygen atoms in total. The molecule has 0 saturated heterocycles. The lowest BCUT2D eigenvalue weighted by atomic mass is 10.1. The Morgan fingerprint density at radius 3 is 2.83 bits per heavy atom. The van der Waals surface area contributed by atoms with Crippen molar-refractivity contribution >= 4 is 11.7 Å². The van der Waals surface area contributed by atoms with Crippen molar-refractivity contribution < 1.29 is 4.79 Å². The molecule has 0 saturated carbocycles. The largest absolute Gasteiger partial charge is 0.348 e. The maximum Gasteiger partial charge on any atom is 0.270 e. The number of amides is 1. The fraction of sp³-hybridized carbons (Fsp3) is 0.294. The third-order valence-electron chi connectivity index (χ3n) is 3.79. The van der Waals surface area contributed by atoms with Crippen molar-refractivity contribution in [2.24, 2.45) is 0 Å². The summed E-state index contributed by atoms with van der Waals surface area (Å²) < 4.78 is 1.71. The number of nitrogens with one attached hydrogen (secondary N) is 1. The van der Waals surface area contributed by atoms with Gasteiger partial charge in [-0.05, 0) is 38.5 Å². The first kappa shape index (κ1) is 15.1. The smallest absolute Gasteiger partial charge is 0.270 e. The molecule has 3 aromatic heterocycles. The van der Waals surface area contributed by atoms with Crippen LogP contribution < -0.4 is 5.32 Å². The van der Waals surface area contributed by atoms with Gasteiger partial charge in [-0.15, -0.1) is 0 Å². The van der Waals surface area contributed by atoms with E-state index < -0.39 is 0 Å². The molecule has 118 valence electrons. The quantitative estimate of drug-likeness (QED) is 0.801. The van der Waals surface area contributed by atoms with Crippen molar-refractivity contribution in [2.45, 2.75) is 33.2 Å². The van der Waals surface area contributed by atoms with Gasteiger partial charge in [-0.25, -0.2) is 9.97 Å². The molecule has 3 aromatic rings. The van der Waals surface area contributed by atoms with Gasteiger partial charge in [0.05, 0.1) is 5.69 Å². The summed E-state index contributed by atoms with van der Waals surface area (Å²) >= 11 is 0. The first-order valence-electron chi connectivity index (χ1n) is 7.57. The van der Waals surface area contributed by atoms with Gasteiger partial charge in [0.25, 0.3) is 5.91 Å². The van der Waals surface area contributed by atoms with E-state index in [9.17, 15) is 4.79 Å². The summed E-state index contributed by atoms with van der Waals surface area (Å²) in [7, 11) is 0. The van der Waals surface area contributed by atoms with E-state index in [4.69, 9.17) is 0 Å². The van der Waals surface area contributed by atoms with Crippen LogP contribution in [-0.4, -0.2) is 31.3 Å². The highest BCUT2D eigenvalue weighted by molar-refractivity contribution is 5.94. The zero-order valence-corrected chi connectivity index (χ0v) is 13.4. The minimum atomic E-state index is -0.149. The zero-order valence-electron chi connectivity index (χ0n) is 13.4. The molecule has 1 N–H and O–H groups in total. The monoisotopic (exact) mass is 309 g/mol. The molecule has 0 aliphatic carbocycles. The number of imidazole rings is 1. The molecule has 23 heavy (non-hydrogen) atoms. The predicted molar refractivity (Wildman–Crippen MR) is 87.3 cm³/mol. The van der Waals surface area contributed by atoms with Gasteiger partial charge in [-0.2, -0.15) is 0 Å². The summed E-state index contributed by atoms with van der Waals surface area (Å²) in [6, 6.07) is 5.69. The molecule has 3 rings (SSSR count). The second-order valence-corrected chi connectivity index (χ2v) is 5.68. The van der Waals surface area contributed by atoms with E-state index in [1.54, 1.807) is 29.1 Å². The first-order chi connectivity index (χ1) is 11.1. The Labute approximate surface area is 134 Å². The number of aromatic nitrogens is 4. The van der Waals surface area contributed by atoms with Crippen molar-refractivity contribution in [1.82, 2.24) is 24.7 Å². The standard InChI is InChI=1S/C17H19N5O/c1-11-6-4-7-18-14(11)10-12(2)20-16(23)15-13(3)21-17-19-8-5-9-22(15)17/h4-9,12H,10H2,1-3H3,(H,20,23)/t12-/m0/s1. The summed E-state index contributed by atoms with van der Waals surface area (Å²) in [6.07, 6.45) is 5.92. The summed E-state index contributed by atoms with van der Waals surface area (Å²) in [5, 5.41) is 3.02. The van der Waals surface area contributed by atoms with Gasteiger partial charge in [-0.1, -0.05) is 6.07 Å². The molecule has 6 heteroatoms. The Kier molecular flexibility index (Phi) is 4.06. The highest BCUT2D eigenvalue weighted by Gasteiger charge is 2.19. The van der Waals surface area contributed by atoms with E-state index in [0.29, 0.717) is 23.6 Å². The molecule has 0 unspecified atom stereocenters. The lowest BCUT2D eigenvalue weighted by molar-refractivity contribution is 0.0933. The minimum Gasteiger partial charge on any atom is -0.348 e. The van der Waals surface area contributed by atoms with Crippen molar-refractivity contribution in [3.8, 4) is 0 Å². The Bertz CT molecular complexity index is 855. The third kappa shape index (κ3) is 3.06. The SMILES string of the molecule is Cc1cccnc1C[C@H](C)NC(=O)c1c(C)nc2ncccn12. The number of fused-ring (bicyclic) bond motifs is 1. The number of carbonyl (C=O) groups is 1. The summed E-state index contributed by atoms with van der Waals surface area (Å²) in [5.41, 5.74) is 3.32. The molecule has 0 bridgehead atoms. The topological polar surface area (TPSA) is 72.2 Å². The molecule has 0 aromatic carbocycles. The molecule has 0 aliphatic heterocycles. The Balaban J connectivity index is 1.78. The summed E-state index contributed by atoms with van der Waals surface area (Å²) in [5.74, 6) is 0.382. The number of pyridine rings is 1. The number of rotatable bonds is 4. The molecular formula is C17H19N5O. The van der Waals surface area contributed by atoms with Crippen LogP contribution in [0.4, 0.5) is 0 Å². The summed E-state index contributed by atoms with van der Waals surface area (Å²) in [4.78, 5) is 25.5. The molecule has 0 fully saturated rings. The van der Waals surface area contributed by atoms with Crippen LogP contribution in [0.3, 0.4) is 0 Å². The number of hydrogen-bond donors (Lipinski definition) is 1. The van der Waals surface area contributed by atoms with Gasteiger partial charge in [0, 0.05) is 36.7 Å². The van der Waals surface area contributed by atoms with E-state index in [-0.39, 0.29) is 11.9 Å². The maximum atomic E-state index is 12.6. The number of aryl methyl sites for hydroxylation is 2. The fourth-order valence-corrected chi connectivity index (χ4v) is 2.64. The lowest BCUT2D eigenvalue weighted by Gasteiger charge is -2.14. The van der Waals surface area contributed by atoms with E-state index in [2.05, 4.69) is 20.3 Å². The van der Waals surface area contributed by atoms with Gasteiger partial charge in [-0.3, -0.25) is 14.2 Å². The molecule has 3 heterocycles. The van der Waals surface area contributed by atoms with Crippen molar-refractivity contribution in [2.75, 3.05) is 0 Å².